The highest BCUT2D eigenvalue weighted by molar-refractivity contribution is 8.00. The van der Waals surface area contributed by atoms with Crippen molar-refractivity contribution in [1.29, 1.82) is 0 Å². The zero-order valence-corrected chi connectivity index (χ0v) is 16.2. The van der Waals surface area contributed by atoms with Crippen LogP contribution in [-0.4, -0.2) is 21.3 Å². The summed E-state index contributed by atoms with van der Waals surface area (Å²) in [6, 6.07) is 6.10. The van der Waals surface area contributed by atoms with Gasteiger partial charge >= 0.3 is 0 Å². The highest BCUT2D eigenvalue weighted by atomic mass is 32.2. The predicted octanol–water partition coefficient (Wildman–Crippen LogP) is 3.55. The molecule has 0 unspecified atom stereocenters. The molecule has 1 aromatic carbocycles. The van der Waals surface area contributed by atoms with E-state index < -0.39 is 0 Å². The molecule has 2 heterocycles. The quantitative estimate of drug-likeness (QED) is 0.710. The smallest absolute Gasteiger partial charge is 0.272 e. The van der Waals surface area contributed by atoms with Crippen LogP contribution in [0.15, 0.2) is 34.2 Å². The Labute approximate surface area is 154 Å². The van der Waals surface area contributed by atoms with Crippen LogP contribution in [0.2, 0.25) is 0 Å². The normalized spacial score (nSPS) is 11.0. The summed E-state index contributed by atoms with van der Waals surface area (Å²) in [5, 5.41) is 0.576. The lowest BCUT2D eigenvalue weighted by atomic mass is 10.1. The van der Waals surface area contributed by atoms with E-state index >= 15 is 0 Å². The van der Waals surface area contributed by atoms with Gasteiger partial charge in [0.15, 0.2) is 0 Å². The van der Waals surface area contributed by atoms with Crippen LogP contribution in [0.5, 0.6) is 0 Å². The number of nitrogens with one attached hydrogen (secondary N) is 1. The molecule has 0 saturated carbocycles. The van der Waals surface area contributed by atoms with E-state index in [1.54, 1.807) is 0 Å². The molecule has 0 saturated heterocycles. The fourth-order valence-corrected chi connectivity index (χ4v) is 4.21. The van der Waals surface area contributed by atoms with Crippen molar-refractivity contribution < 1.29 is 4.79 Å². The van der Waals surface area contributed by atoms with Crippen LogP contribution in [0.1, 0.15) is 21.6 Å². The standard InChI is InChI=1S/C18H19N3O2S2/c1-10-5-6-14(7-11(10)2)24-8-15(22)20-21-9-19-17-16(18(21)23)12(3)13(4)25-17/h5-7,9H,8H2,1-4H3,(H,20,22). The Hall–Kier alpha value is -2.12. The summed E-state index contributed by atoms with van der Waals surface area (Å²) in [5.41, 5.74) is 5.72. The number of amides is 1. The third kappa shape index (κ3) is 3.62. The van der Waals surface area contributed by atoms with Gasteiger partial charge in [-0.3, -0.25) is 15.0 Å². The van der Waals surface area contributed by atoms with Crippen molar-refractivity contribution in [3.05, 3.63) is 56.4 Å². The van der Waals surface area contributed by atoms with Gasteiger partial charge in [0.2, 0.25) is 5.91 Å². The van der Waals surface area contributed by atoms with Crippen LogP contribution in [0, 0.1) is 27.7 Å². The van der Waals surface area contributed by atoms with E-state index in [0.29, 0.717) is 10.2 Å². The van der Waals surface area contributed by atoms with E-state index in [1.807, 2.05) is 32.9 Å². The Morgan fingerprint density at radius 3 is 2.72 bits per heavy atom. The van der Waals surface area contributed by atoms with E-state index in [0.717, 1.165) is 15.3 Å². The molecule has 7 heteroatoms. The maximum atomic E-state index is 12.6. The molecule has 5 nitrogen and oxygen atoms in total. The van der Waals surface area contributed by atoms with Gasteiger partial charge in [0.1, 0.15) is 11.2 Å². The Morgan fingerprint density at radius 1 is 1.24 bits per heavy atom. The molecule has 0 radical (unpaired) electrons. The number of aromatic nitrogens is 2. The minimum absolute atomic E-state index is 0.231. The van der Waals surface area contributed by atoms with Gasteiger partial charge in [-0.2, -0.15) is 0 Å². The number of hydrogen-bond acceptors (Lipinski definition) is 5. The van der Waals surface area contributed by atoms with Crippen LogP contribution < -0.4 is 11.0 Å². The molecule has 130 valence electrons. The zero-order chi connectivity index (χ0) is 18.1. The molecule has 0 bridgehead atoms. The number of aryl methyl sites for hydroxylation is 4. The summed E-state index contributed by atoms with van der Waals surface area (Å²) in [5.74, 6) is -0.00896. The maximum absolute atomic E-state index is 12.6. The van der Waals surface area contributed by atoms with Crippen LogP contribution in [-0.2, 0) is 4.79 Å². The molecule has 0 fully saturated rings. The molecule has 25 heavy (non-hydrogen) atoms. The summed E-state index contributed by atoms with van der Waals surface area (Å²) in [4.78, 5) is 31.8. The molecule has 1 N–H and O–H groups in total. The minimum Gasteiger partial charge on any atom is -0.272 e. The number of hydrogen-bond donors (Lipinski definition) is 1. The Bertz CT molecular complexity index is 1020. The summed E-state index contributed by atoms with van der Waals surface area (Å²) >= 11 is 2.93. The summed E-state index contributed by atoms with van der Waals surface area (Å²) < 4.78 is 1.17. The largest absolute Gasteiger partial charge is 0.281 e. The van der Waals surface area contributed by atoms with Crippen LogP contribution in [0.3, 0.4) is 0 Å². The number of thioether (sulfide) groups is 1. The molecular formula is C18H19N3O2S2. The fourth-order valence-electron chi connectivity index (χ4n) is 2.43. The van der Waals surface area contributed by atoms with Gasteiger partial charge in [-0.05, 0) is 56.5 Å². The molecule has 0 aliphatic heterocycles. The van der Waals surface area contributed by atoms with Gasteiger partial charge in [0.05, 0.1) is 11.1 Å². The lowest BCUT2D eigenvalue weighted by Gasteiger charge is -2.08. The Morgan fingerprint density at radius 2 is 2.00 bits per heavy atom. The second-order valence-electron chi connectivity index (χ2n) is 5.95. The maximum Gasteiger partial charge on any atom is 0.281 e. The number of thiophene rings is 1. The van der Waals surface area contributed by atoms with Crippen molar-refractivity contribution in [2.45, 2.75) is 32.6 Å². The van der Waals surface area contributed by atoms with Crippen molar-refractivity contribution >= 4 is 39.2 Å². The summed E-state index contributed by atoms with van der Waals surface area (Å²) in [6.45, 7) is 7.97. The first-order valence-electron chi connectivity index (χ1n) is 7.84. The molecule has 0 aliphatic rings. The second kappa shape index (κ2) is 7.01. The number of fused-ring (bicyclic) bond motifs is 1. The number of nitrogens with zero attached hydrogens (tertiary/aromatic N) is 2. The zero-order valence-electron chi connectivity index (χ0n) is 14.5. The average molecular weight is 374 g/mol. The topological polar surface area (TPSA) is 64.0 Å². The molecule has 0 aliphatic carbocycles. The van der Waals surface area contributed by atoms with Crippen molar-refractivity contribution in [3.63, 3.8) is 0 Å². The van der Waals surface area contributed by atoms with Gasteiger partial charge < -0.3 is 0 Å². The molecule has 0 atom stereocenters. The first-order chi connectivity index (χ1) is 11.9. The second-order valence-corrected chi connectivity index (χ2v) is 8.20. The average Bonchev–Trinajstić information content (AvgIpc) is 2.86. The molecule has 1 amide bonds. The summed E-state index contributed by atoms with van der Waals surface area (Å²) in [7, 11) is 0. The third-order valence-corrected chi connectivity index (χ3v) is 6.29. The number of benzene rings is 1. The Balaban J connectivity index is 1.73. The van der Waals surface area contributed by atoms with E-state index in [-0.39, 0.29) is 17.2 Å². The highest BCUT2D eigenvalue weighted by Gasteiger charge is 2.13. The van der Waals surface area contributed by atoms with E-state index in [1.165, 1.54) is 45.2 Å². The highest BCUT2D eigenvalue weighted by Crippen LogP contribution is 2.25. The number of carbonyl (C=O) groups excluding carboxylic acids is 1. The Kier molecular flexibility index (Phi) is 4.96. The lowest BCUT2D eigenvalue weighted by molar-refractivity contribution is -0.114. The van der Waals surface area contributed by atoms with Gasteiger partial charge in [-0.15, -0.1) is 23.1 Å². The van der Waals surface area contributed by atoms with E-state index in [9.17, 15) is 9.59 Å². The molecule has 2 aromatic heterocycles. The van der Waals surface area contributed by atoms with Crippen LogP contribution in [0.25, 0.3) is 10.2 Å². The SMILES string of the molecule is Cc1ccc(SCC(=O)Nn2cnc3sc(C)c(C)c3c2=O)cc1C. The molecule has 3 aromatic rings. The molecule has 3 rings (SSSR count). The minimum atomic E-state index is -0.240. The molecule has 0 spiro atoms. The monoisotopic (exact) mass is 373 g/mol. The van der Waals surface area contributed by atoms with E-state index in [2.05, 4.69) is 23.4 Å². The third-order valence-electron chi connectivity index (χ3n) is 4.18. The predicted molar refractivity (Wildman–Crippen MR) is 104 cm³/mol. The lowest BCUT2D eigenvalue weighted by Crippen LogP contribution is -2.34. The van der Waals surface area contributed by atoms with Gasteiger partial charge in [0, 0.05) is 9.77 Å². The van der Waals surface area contributed by atoms with Crippen molar-refractivity contribution in [1.82, 2.24) is 9.66 Å². The first-order valence-corrected chi connectivity index (χ1v) is 9.64. The summed E-state index contributed by atoms with van der Waals surface area (Å²) in [6.07, 6.45) is 1.37. The van der Waals surface area contributed by atoms with Crippen molar-refractivity contribution in [2.75, 3.05) is 11.2 Å². The molecular weight excluding hydrogens is 354 g/mol. The van der Waals surface area contributed by atoms with Crippen LogP contribution in [0.4, 0.5) is 0 Å². The van der Waals surface area contributed by atoms with Crippen LogP contribution >= 0.6 is 23.1 Å². The van der Waals surface area contributed by atoms with Crippen molar-refractivity contribution in [3.8, 4) is 0 Å². The van der Waals surface area contributed by atoms with Gasteiger partial charge in [-0.1, -0.05) is 6.07 Å². The number of rotatable bonds is 4. The van der Waals surface area contributed by atoms with Gasteiger partial charge in [0.25, 0.3) is 5.56 Å². The van der Waals surface area contributed by atoms with E-state index in [4.69, 9.17) is 0 Å². The fraction of sp³-hybridized carbons (Fsp3) is 0.278. The number of carbonyl (C=O) groups is 1. The van der Waals surface area contributed by atoms with Crippen molar-refractivity contribution in [2.24, 2.45) is 0 Å². The van der Waals surface area contributed by atoms with Gasteiger partial charge in [-0.25, -0.2) is 9.66 Å². The first kappa shape index (κ1) is 17.7.